The molecule has 1 aromatic heterocycles. The first kappa shape index (κ1) is 34.7. The average molecular weight is 754 g/mol. The largest absolute Gasteiger partial charge is 0.508 e. The van der Waals surface area contributed by atoms with Gasteiger partial charge in [0.05, 0.1) is 33.8 Å². The average Bonchev–Trinajstić information content (AvgIpc) is 3.50. The number of nitrogens with one attached hydrogen (secondary N) is 1. The van der Waals surface area contributed by atoms with E-state index >= 15 is 4.79 Å². The summed E-state index contributed by atoms with van der Waals surface area (Å²) in [6.45, 7) is 0. The number of carbonyl (C=O) groups is 4. The van der Waals surface area contributed by atoms with Crippen LogP contribution >= 0.6 is 23.2 Å². The molecule has 0 bridgehead atoms. The van der Waals surface area contributed by atoms with Crippen molar-refractivity contribution < 1.29 is 37.5 Å². The highest BCUT2D eigenvalue weighted by atomic mass is 35.5. The first-order valence-corrected chi connectivity index (χ1v) is 18.1. The Morgan fingerprint density at radius 3 is 2.31 bits per heavy atom. The van der Waals surface area contributed by atoms with Crippen molar-refractivity contribution in [2.45, 2.75) is 68.5 Å². The molecule has 3 heterocycles. The Bertz CT molecular complexity index is 2040. The van der Waals surface area contributed by atoms with Crippen LogP contribution in [0.25, 0.3) is 0 Å². The summed E-state index contributed by atoms with van der Waals surface area (Å²) in [4.78, 5) is 63.6. The van der Waals surface area contributed by atoms with Crippen molar-refractivity contribution in [3.63, 3.8) is 0 Å². The molecule has 6 atom stereocenters. The number of likely N-dealkylation sites (tertiary alicyclic amines) is 1. The predicted octanol–water partition coefficient (Wildman–Crippen LogP) is 7.43. The Morgan fingerprint density at radius 2 is 1.63 bits per heavy atom. The van der Waals surface area contributed by atoms with Gasteiger partial charge in [0.25, 0.3) is 11.8 Å². The van der Waals surface area contributed by atoms with Crippen molar-refractivity contribution >= 4 is 52.6 Å². The molecule has 2 aliphatic heterocycles. The van der Waals surface area contributed by atoms with Gasteiger partial charge in [-0.15, -0.1) is 0 Å². The summed E-state index contributed by atoms with van der Waals surface area (Å²) in [7, 11) is 0. The maximum Gasteiger partial charge on any atom is 0.417 e. The fourth-order valence-corrected chi connectivity index (χ4v) is 9.92. The van der Waals surface area contributed by atoms with E-state index in [-0.39, 0.29) is 42.3 Å². The number of hydrogen-bond donors (Lipinski definition) is 2. The molecule has 6 unspecified atom stereocenters. The number of nitrogens with zero attached hydrogens (tertiary/aromatic N) is 3. The van der Waals surface area contributed by atoms with Gasteiger partial charge in [-0.05, 0) is 73.1 Å². The van der Waals surface area contributed by atoms with Gasteiger partial charge in [-0.3, -0.25) is 29.5 Å². The van der Waals surface area contributed by atoms with Crippen molar-refractivity contribution in [1.82, 2.24) is 14.9 Å². The molecule has 4 amide bonds. The van der Waals surface area contributed by atoms with Crippen LogP contribution in [0.4, 0.5) is 19.0 Å². The molecule has 5 aliphatic rings. The van der Waals surface area contributed by atoms with Crippen molar-refractivity contribution in [2.75, 3.05) is 5.43 Å². The quantitative estimate of drug-likeness (QED) is 0.206. The molecule has 2 saturated carbocycles. The monoisotopic (exact) mass is 752 g/mol. The molecule has 270 valence electrons. The minimum atomic E-state index is -4.73. The molecule has 2 aromatic carbocycles. The molecule has 4 fully saturated rings. The van der Waals surface area contributed by atoms with Gasteiger partial charge >= 0.3 is 6.18 Å². The molecule has 52 heavy (non-hydrogen) atoms. The lowest BCUT2D eigenvalue weighted by Gasteiger charge is -2.50. The van der Waals surface area contributed by atoms with Gasteiger partial charge in [0.1, 0.15) is 5.75 Å². The molecule has 0 radical (unpaired) electrons. The first-order valence-electron chi connectivity index (χ1n) is 17.3. The lowest BCUT2D eigenvalue weighted by molar-refractivity contribution is -0.144. The fraction of sp³-hybridized carbons (Fsp3) is 0.395. The number of phenolic OH excluding ortho intramolecular Hbond substituents is 1. The van der Waals surface area contributed by atoms with Crippen molar-refractivity contribution in [3.05, 3.63) is 99.2 Å². The number of phenols is 1. The van der Waals surface area contributed by atoms with Gasteiger partial charge in [-0.1, -0.05) is 78.4 Å². The van der Waals surface area contributed by atoms with Crippen LogP contribution in [0.2, 0.25) is 10.0 Å². The summed E-state index contributed by atoms with van der Waals surface area (Å²) in [5.74, 6) is -6.34. The molecule has 14 heteroatoms. The minimum absolute atomic E-state index is 0.0272. The zero-order chi connectivity index (χ0) is 36.7. The number of hydrogen-bond acceptors (Lipinski definition) is 7. The van der Waals surface area contributed by atoms with Gasteiger partial charge in [-0.25, -0.2) is 4.98 Å². The normalized spacial score (nSPS) is 29.2. The summed E-state index contributed by atoms with van der Waals surface area (Å²) >= 11 is 12.6. The third kappa shape index (κ3) is 5.23. The van der Waals surface area contributed by atoms with Crippen LogP contribution in [-0.2, 0) is 30.8 Å². The van der Waals surface area contributed by atoms with Gasteiger partial charge in [0, 0.05) is 23.2 Å². The number of hydrazine groups is 1. The van der Waals surface area contributed by atoms with E-state index in [1.807, 2.05) is 6.08 Å². The van der Waals surface area contributed by atoms with E-state index in [9.17, 15) is 32.7 Å². The van der Waals surface area contributed by atoms with E-state index in [2.05, 4.69) is 10.4 Å². The summed E-state index contributed by atoms with van der Waals surface area (Å²) in [5, 5.41) is 11.4. The number of allylic oxidation sites excluding steroid dienone is 2. The second-order valence-corrected chi connectivity index (χ2v) is 15.2. The second-order valence-electron chi connectivity index (χ2n) is 14.4. The lowest BCUT2D eigenvalue weighted by atomic mass is 9.49. The number of fused-ring (bicyclic) bond motifs is 4. The number of halogens is 5. The molecular formula is C38H33Cl2F3N4O5. The molecule has 0 spiro atoms. The van der Waals surface area contributed by atoms with Crippen molar-refractivity contribution in [2.24, 2.45) is 23.7 Å². The molecule has 2 saturated heterocycles. The number of alkyl halides is 3. The van der Waals surface area contributed by atoms with Gasteiger partial charge < -0.3 is 5.11 Å². The van der Waals surface area contributed by atoms with Crippen LogP contribution < -0.4 is 5.43 Å². The van der Waals surface area contributed by atoms with Crippen LogP contribution in [0.3, 0.4) is 0 Å². The number of aromatic nitrogens is 1. The summed E-state index contributed by atoms with van der Waals surface area (Å²) in [5.41, 5.74) is 1.48. The van der Waals surface area contributed by atoms with E-state index < -0.39 is 63.6 Å². The predicted molar refractivity (Wildman–Crippen MR) is 184 cm³/mol. The van der Waals surface area contributed by atoms with Crippen LogP contribution in [0, 0.1) is 23.7 Å². The molecule has 9 nitrogen and oxygen atoms in total. The van der Waals surface area contributed by atoms with E-state index in [0.29, 0.717) is 34.0 Å². The Kier molecular flexibility index (Phi) is 8.41. The van der Waals surface area contributed by atoms with E-state index in [1.165, 1.54) is 17.0 Å². The standard InChI is InChI=1S/C38H33Cl2F3N4O5/c39-22-11-9-20(10-12-22)37-28(34(50)47(36(37)52)45-32-29(40)16-21(18-44-32)38(41,42)43)17-27-25(31(37)19-5-4-8-24(48)15-19)13-14-26-30(27)35(51)46(33(26)49)23-6-2-1-3-7-23/h4-5,8-13,15-16,18,23,26-28,30-31,48H,1-3,6-7,14,17H2,(H,44,45). The number of anilines is 1. The van der Waals surface area contributed by atoms with Crippen LogP contribution in [-0.4, -0.2) is 49.7 Å². The van der Waals surface area contributed by atoms with E-state index in [0.717, 1.165) is 37.1 Å². The number of pyridine rings is 1. The first-order chi connectivity index (χ1) is 24.8. The zero-order valence-electron chi connectivity index (χ0n) is 27.6. The van der Waals surface area contributed by atoms with Crippen LogP contribution in [0.5, 0.6) is 5.75 Å². The molecule has 3 aliphatic carbocycles. The van der Waals surface area contributed by atoms with E-state index in [1.54, 1.807) is 36.4 Å². The highest BCUT2D eigenvalue weighted by Gasteiger charge is 2.70. The Balaban J connectivity index is 1.29. The maximum absolute atomic E-state index is 15.2. The Hall–Kier alpha value is -4.42. The molecule has 2 N–H and O–H groups in total. The Labute approximate surface area is 306 Å². The topological polar surface area (TPSA) is 120 Å². The highest BCUT2D eigenvalue weighted by Crippen LogP contribution is 2.64. The molecular weight excluding hydrogens is 720 g/mol. The number of amides is 4. The lowest BCUT2D eigenvalue weighted by Crippen LogP contribution is -2.53. The second kappa shape index (κ2) is 12.6. The number of aromatic hydroxyl groups is 1. The smallest absolute Gasteiger partial charge is 0.417 e. The number of rotatable bonds is 5. The summed E-state index contributed by atoms with van der Waals surface area (Å²) in [6, 6.07) is 13.4. The van der Waals surface area contributed by atoms with Gasteiger partial charge in [-0.2, -0.15) is 18.2 Å². The maximum atomic E-state index is 15.2. The summed E-state index contributed by atoms with van der Waals surface area (Å²) in [6.07, 6.45) is 2.40. The van der Waals surface area contributed by atoms with Gasteiger partial charge in [0.2, 0.25) is 11.8 Å². The summed E-state index contributed by atoms with van der Waals surface area (Å²) < 4.78 is 40.3. The SMILES string of the molecule is O=C1C2CC3C(=CCC4C(=O)N(C5CCCCC5)C(=O)C43)C(c3cccc(O)c3)C2(c2ccc(Cl)cc2)C(=O)N1Nc1ncc(C(F)(F)F)cc1Cl. The minimum Gasteiger partial charge on any atom is -0.508 e. The van der Waals surface area contributed by atoms with Crippen LogP contribution in [0.1, 0.15) is 67.6 Å². The van der Waals surface area contributed by atoms with E-state index in [4.69, 9.17) is 23.2 Å². The fourth-order valence-electron chi connectivity index (χ4n) is 9.59. The zero-order valence-corrected chi connectivity index (χ0v) is 29.1. The molecule has 8 rings (SSSR count). The third-order valence-corrected chi connectivity index (χ3v) is 12.3. The number of imide groups is 2. The Morgan fingerprint density at radius 1 is 0.904 bits per heavy atom. The number of benzene rings is 2. The highest BCUT2D eigenvalue weighted by molar-refractivity contribution is 6.33. The van der Waals surface area contributed by atoms with Crippen molar-refractivity contribution in [1.29, 1.82) is 0 Å². The van der Waals surface area contributed by atoms with Crippen molar-refractivity contribution in [3.8, 4) is 5.75 Å². The van der Waals surface area contributed by atoms with Crippen LogP contribution in [0.15, 0.2) is 72.4 Å². The third-order valence-electron chi connectivity index (χ3n) is 11.7. The number of carbonyl (C=O) groups excluding carboxylic acids is 4. The van der Waals surface area contributed by atoms with Gasteiger partial charge in [0.15, 0.2) is 5.82 Å². The molecule has 3 aromatic rings.